The lowest BCUT2D eigenvalue weighted by molar-refractivity contribution is -0.00263. The van der Waals surface area contributed by atoms with E-state index in [0.717, 1.165) is 12.8 Å². The molecule has 0 aromatic heterocycles. The van der Waals surface area contributed by atoms with Crippen molar-refractivity contribution in [2.45, 2.75) is 44.0 Å². The SMILES string of the molecule is OC1C=CC23C=CN=CC4=C2C(CCC4)OC3C1. The van der Waals surface area contributed by atoms with Crippen molar-refractivity contribution in [2.75, 3.05) is 0 Å². The van der Waals surface area contributed by atoms with Gasteiger partial charge < -0.3 is 9.84 Å². The molecule has 94 valence electrons. The number of nitrogens with zero attached hydrogens (tertiary/aromatic N) is 1. The number of hydrogen-bond donors (Lipinski definition) is 1. The van der Waals surface area contributed by atoms with Gasteiger partial charge >= 0.3 is 0 Å². The molecule has 1 spiro atoms. The van der Waals surface area contributed by atoms with Gasteiger partial charge in [-0.25, -0.2) is 0 Å². The van der Waals surface area contributed by atoms with Crippen LogP contribution in [0.15, 0.2) is 40.6 Å². The number of ether oxygens (including phenoxy) is 1. The molecule has 0 aromatic carbocycles. The molecule has 0 amide bonds. The van der Waals surface area contributed by atoms with Gasteiger partial charge in [0.15, 0.2) is 0 Å². The second-order valence-electron chi connectivity index (χ2n) is 5.63. The molecule has 4 unspecified atom stereocenters. The third kappa shape index (κ3) is 1.29. The second kappa shape index (κ2) is 3.65. The highest BCUT2D eigenvalue weighted by atomic mass is 16.5. The zero-order valence-electron chi connectivity index (χ0n) is 10.2. The number of hydrogen-bond acceptors (Lipinski definition) is 3. The number of allylic oxidation sites excluding steroid dienone is 1. The Morgan fingerprint density at radius 1 is 1.39 bits per heavy atom. The van der Waals surface area contributed by atoms with Crippen LogP contribution in [0.25, 0.3) is 0 Å². The van der Waals surface area contributed by atoms with Crippen LogP contribution in [0.1, 0.15) is 25.7 Å². The minimum Gasteiger partial charge on any atom is -0.389 e. The fourth-order valence-corrected chi connectivity index (χ4v) is 3.84. The summed E-state index contributed by atoms with van der Waals surface area (Å²) in [6, 6.07) is 0. The Balaban J connectivity index is 1.93. The summed E-state index contributed by atoms with van der Waals surface area (Å²) in [5.74, 6) is 0. The Bertz CT molecular complexity index is 503. The molecule has 2 aliphatic heterocycles. The van der Waals surface area contributed by atoms with Crippen molar-refractivity contribution in [3.63, 3.8) is 0 Å². The second-order valence-corrected chi connectivity index (χ2v) is 5.63. The van der Waals surface area contributed by atoms with Gasteiger partial charge in [-0.2, -0.15) is 0 Å². The van der Waals surface area contributed by atoms with Gasteiger partial charge in [0.25, 0.3) is 0 Å². The van der Waals surface area contributed by atoms with E-state index in [2.05, 4.69) is 17.1 Å². The molecule has 3 heteroatoms. The van der Waals surface area contributed by atoms with Gasteiger partial charge in [-0.05, 0) is 36.5 Å². The molecule has 4 aliphatic rings. The van der Waals surface area contributed by atoms with Crippen LogP contribution in [0.5, 0.6) is 0 Å². The molecule has 1 saturated heterocycles. The van der Waals surface area contributed by atoms with E-state index in [1.165, 1.54) is 17.6 Å². The Morgan fingerprint density at radius 2 is 2.33 bits per heavy atom. The smallest absolute Gasteiger partial charge is 0.0808 e. The van der Waals surface area contributed by atoms with Gasteiger partial charge in [-0.15, -0.1) is 0 Å². The largest absolute Gasteiger partial charge is 0.389 e. The fourth-order valence-electron chi connectivity index (χ4n) is 3.84. The third-order valence-electron chi connectivity index (χ3n) is 4.62. The molecule has 2 aliphatic carbocycles. The number of aliphatic hydroxyl groups is 1. The predicted octanol–water partition coefficient (Wildman–Crippen LogP) is 2.14. The van der Waals surface area contributed by atoms with Gasteiger partial charge in [0, 0.05) is 18.8 Å². The van der Waals surface area contributed by atoms with Crippen LogP contribution in [0.2, 0.25) is 0 Å². The first-order chi connectivity index (χ1) is 8.79. The van der Waals surface area contributed by atoms with E-state index in [0.29, 0.717) is 6.42 Å². The molecular formula is C15H17NO2. The highest BCUT2D eigenvalue weighted by molar-refractivity contribution is 5.82. The van der Waals surface area contributed by atoms with E-state index in [1.807, 2.05) is 18.5 Å². The Hall–Kier alpha value is -1.19. The van der Waals surface area contributed by atoms with Crippen LogP contribution in [0.3, 0.4) is 0 Å². The van der Waals surface area contributed by atoms with Gasteiger partial charge in [0.2, 0.25) is 0 Å². The topological polar surface area (TPSA) is 41.8 Å². The first kappa shape index (κ1) is 10.7. The molecule has 1 fully saturated rings. The highest BCUT2D eigenvalue weighted by Gasteiger charge is 2.53. The molecule has 2 heterocycles. The van der Waals surface area contributed by atoms with Gasteiger partial charge in [-0.1, -0.05) is 12.2 Å². The van der Waals surface area contributed by atoms with E-state index in [9.17, 15) is 5.11 Å². The Labute approximate surface area is 107 Å². The summed E-state index contributed by atoms with van der Waals surface area (Å²) in [6.45, 7) is 0. The number of aliphatic hydroxyl groups excluding tert-OH is 1. The van der Waals surface area contributed by atoms with Crippen molar-refractivity contribution < 1.29 is 9.84 Å². The Kier molecular flexibility index (Phi) is 2.17. The zero-order chi connectivity index (χ0) is 12.2. The number of aliphatic imine (C=N–C) groups is 1. The minimum atomic E-state index is -0.373. The molecule has 4 rings (SSSR count). The van der Waals surface area contributed by atoms with Crippen LogP contribution in [0.4, 0.5) is 0 Å². The molecule has 3 nitrogen and oxygen atoms in total. The van der Waals surface area contributed by atoms with Crippen molar-refractivity contribution >= 4 is 6.21 Å². The predicted molar refractivity (Wildman–Crippen MR) is 69.4 cm³/mol. The maximum Gasteiger partial charge on any atom is 0.0808 e. The van der Waals surface area contributed by atoms with E-state index in [-0.39, 0.29) is 23.7 Å². The molecule has 0 aromatic rings. The Morgan fingerprint density at radius 3 is 3.28 bits per heavy atom. The lowest BCUT2D eigenvalue weighted by Crippen LogP contribution is -2.35. The summed E-state index contributed by atoms with van der Waals surface area (Å²) in [7, 11) is 0. The lowest BCUT2D eigenvalue weighted by atomic mass is 9.68. The monoisotopic (exact) mass is 243 g/mol. The molecule has 18 heavy (non-hydrogen) atoms. The van der Waals surface area contributed by atoms with Gasteiger partial charge in [0.05, 0.1) is 23.7 Å². The van der Waals surface area contributed by atoms with Crippen molar-refractivity contribution in [1.82, 2.24) is 0 Å². The maximum absolute atomic E-state index is 9.82. The average molecular weight is 243 g/mol. The summed E-state index contributed by atoms with van der Waals surface area (Å²) >= 11 is 0. The van der Waals surface area contributed by atoms with Gasteiger partial charge in [-0.3, -0.25) is 4.99 Å². The lowest BCUT2D eigenvalue weighted by Gasteiger charge is -2.34. The van der Waals surface area contributed by atoms with E-state index < -0.39 is 0 Å². The highest BCUT2D eigenvalue weighted by Crippen LogP contribution is 2.54. The summed E-state index contributed by atoms with van der Waals surface area (Å²) in [6.07, 6.45) is 14.1. The quantitative estimate of drug-likeness (QED) is 0.662. The van der Waals surface area contributed by atoms with Crippen molar-refractivity contribution in [2.24, 2.45) is 10.4 Å². The number of rotatable bonds is 0. The van der Waals surface area contributed by atoms with E-state index in [1.54, 1.807) is 0 Å². The van der Waals surface area contributed by atoms with Crippen LogP contribution in [0, 0.1) is 5.41 Å². The summed E-state index contributed by atoms with van der Waals surface area (Å²) in [5, 5.41) is 9.82. The van der Waals surface area contributed by atoms with Crippen LogP contribution in [-0.2, 0) is 4.74 Å². The minimum absolute atomic E-state index is 0.0727. The first-order valence-corrected chi connectivity index (χ1v) is 6.77. The van der Waals surface area contributed by atoms with Gasteiger partial charge in [0.1, 0.15) is 0 Å². The molecule has 1 N–H and O–H groups in total. The van der Waals surface area contributed by atoms with Crippen LogP contribution in [-0.4, -0.2) is 29.6 Å². The summed E-state index contributed by atoms with van der Waals surface area (Å²) in [4.78, 5) is 4.36. The molecule has 4 atom stereocenters. The maximum atomic E-state index is 9.82. The summed E-state index contributed by atoms with van der Waals surface area (Å²) in [5.41, 5.74) is 2.61. The molecule has 0 radical (unpaired) electrons. The van der Waals surface area contributed by atoms with Crippen molar-refractivity contribution in [1.29, 1.82) is 0 Å². The van der Waals surface area contributed by atoms with E-state index in [4.69, 9.17) is 4.74 Å². The van der Waals surface area contributed by atoms with E-state index >= 15 is 0 Å². The van der Waals surface area contributed by atoms with Crippen LogP contribution >= 0.6 is 0 Å². The molecular weight excluding hydrogens is 226 g/mol. The first-order valence-electron chi connectivity index (χ1n) is 6.77. The van der Waals surface area contributed by atoms with Crippen molar-refractivity contribution in [3.05, 3.63) is 35.6 Å². The van der Waals surface area contributed by atoms with Crippen LogP contribution < -0.4 is 0 Å². The average Bonchev–Trinajstić information content (AvgIpc) is 2.57. The van der Waals surface area contributed by atoms with Crippen molar-refractivity contribution in [3.8, 4) is 0 Å². The molecule has 0 bridgehead atoms. The normalized spacial score (nSPS) is 44.8. The third-order valence-corrected chi connectivity index (χ3v) is 4.62. The fraction of sp³-hybridized carbons (Fsp3) is 0.533. The zero-order valence-corrected chi connectivity index (χ0v) is 10.2. The standard InChI is InChI=1S/C15H17NO2/c17-11-4-5-15-6-7-16-9-10-2-1-3-12(14(10)15)18-13(15)8-11/h4-7,9,11-13,17H,1-3,8H2. The molecule has 0 saturated carbocycles. The summed E-state index contributed by atoms with van der Waals surface area (Å²) < 4.78 is 6.22.